The van der Waals surface area contributed by atoms with Crippen LogP contribution in [0.15, 0.2) is 64.5 Å². The SMILES string of the molecule is CS(=O)(=O)c1cnc2ccc(/C=C3/SC(=S)NC3=O)cc2c1-c1ccccc1. The molecule has 0 atom stereocenters. The van der Waals surface area contributed by atoms with Gasteiger partial charge in [0, 0.05) is 23.4 Å². The lowest BCUT2D eigenvalue weighted by atomic mass is 9.99. The summed E-state index contributed by atoms with van der Waals surface area (Å²) in [6, 6.07) is 14.8. The van der Waals surface area contributed by atoms with Crippen molar-refractivity contribution < 1.29 is 13.2 Å². The van der Waals surface area contributed by atoms with Crippen LogP contribution in [0.1, 0.15) is 5.56 Å². The molecule has 1 amide bonds. The summed E-state index contributed by atoms with van der Waals surface area (Å²) in [7, 11) is -3.49. The maximum absolute atomic E-state index is 12.4. The number of nitrogens with zero attached hydrogens (tertiary/aromatic N) is 1. The van der Waals surface area contributed by atoms with Gasteiger partial charge in [-0.1, -0.05) is 60.4 Å². The number of carbonyl (C=O) groups is 1. The van der Waals surface area contributed by atoms with Gasteiger partial charge in [0.2, 0.25) is 0 Å². The number of amides is 1. The second-order valence-electron chi connectivity index (χ2n) is 6.26. The van der Waals surface area contributed by atoms with Crippen LogP contribution in [0.2, 0.25) is 0 Å². The number of aromatic nitrogens is 1. The highest BCUT2D eigenvalue weighted by Crippen LogP contribution is 2.35. The Morgan fingerprint density at radius 2 is 1.89 bits per heavy atom. The molecule has 0 saturated carbocycles. The zero-order valence-corrected chi connectivity index (χ0v) is 17.1. The van der Waals surface area contributed by atoms with Gasteiger partial charge in [-0.05, 0) is 29.3 Å². The van der Waals surface area contributed by atoms with Crippen molar-refractivity contribution in [2.75, 3.05) is 6.26 Å². The Morgan fingerprint density at radius 1 is 1.14 bits per heavy atom. The van der Waals surface area contributed by atoms with Gasteiger partial charge in [0.05, 0.1) is 15.3 Å². The summed E-state index contributed by atoms with van der Waals surface area (Å²) in [4.78, 5) is 16.9. The highest BCUT2D eigenvalue weighted by molar-refractivity contribution is 8.26. The van der Waals surface area contributed by atoms with E-state index in [2.05, 4.69) is 10.3 Å². The van der Waals surface area contributed by atoms with Crippen LogP contribution in [-0.2, 0) is 14.6 Å². The number of pyridine rings is 1. The largest absolute Gasteiger partial charge is 0.307 e. The van der Waals surface area contributed by atoms with Gasteiger partial charge in [-0.25, -0.2) is 8.42 Å². The van der Waals surface area contributed by atoms with Gasteiger partial charge in [-0.2, -0.15) is 0 Å². The lowest BCUT2D eigenvalue weighted by Crippen LogP contribution is -2.17. The summed E-state index contributed by atoms with van der Waals surface area (Å²) in [6.07, 6.45) is 4.31. The third-order valence-electron chi connectivity index (χ3n) is 4.26. The van der Waals surface area contributed by atoms with Crippen LogP contribution < -0.4 is 5.32 Å². The summed E-state index contributed by atoms with van der Waals surface area (Å²) in [6.45, 7) is 0. The fraction of sp³-hybridized carbons (Fsp3) is 0.0500. The molecule has 0 spiro atoms. The van der Waals surface area contributed by atoms with Gasteiger partial charge in [0.25, 0.3) is 5.91 Å². The van der Waals surface area contributed by atoms with E-state index < -0.39 is 9.84 Å². The number of thioether (sulfide) groups is 1. The van der Waals surface area contributed by atoms with Crippen molar-refractivity contribution >= 4 is 61.0 Å². The van der Waals surface area contributed by atoms with Gasteiger partial charge in [0.1, 0.15) is 4.32 Å². The van der Waals surface area contributed by atoms with E-state index >= 15 is 0 Å². The number of hydrogen-bond acceptors (Lipinski definition) is 6. The molecule has 2 aromatic carbocycles. The topological polar surface area (TPSA) is 76.1 Å². The van der Waals surface area contributed by atoms with E-state index in [9.17, 15) is 13.2 Å². The molecular formula is C20H14N2O3S3. The number of rotatable bonds is 3. The van der Waals surface area contributed by atoms with Crippen LogP contribution >= 0.6 is 24.0 Å². The highest BCUT2D eigenvalue weighted by Gasteiger charge is 2.22. The average molecular weight is 427 g/mol. The second-order valence-corrected chi connectivity index (χ2v) is 9.97. The molecule has 2 heterocycles. The first-order valence-corrected chi connectivity index (χ1v) is 11.4. The smallest absolute Gasteiger partial charge is 0.263 e. The minimum atomic E-state index is -3.49. The number of sulfone groups is 1. The third kappa shape index (κ3) is 3.58. The first-order chi connectivity index (χ1) is 13.3. The number of carbonyl (C=O) groups excluding carboxylic acids is 1. The molecule has 1 aromatic heterocycles. The van der Waals surface area contributed by atoms with Crippen LogP contribution in [0.4, 0.5) is 0 Å². The average Bonchev–Trinajstić information content (AvgIpc) is 2.97. The van der Waals surface area contributed by atoms with Gasteiger partial charge < -0.3 is 5.32 Å². The molecule has 0 bridgehead atoms. The van der Waals surface area contributed by atoms with Crippen molar-refractivity contribution in [3.05, 3.63) is 65.2 Å². The molecular weight excluding hydrogens is 412 g/mol. The van der Waals surface area contributed by atoms with Gasteiger partial charge in [0.15, 0.2) is 9.84 Å². The monoisotopic (exact) mass is 426 g/mol. The van der Waals surface area contributed by atoms with Crippen molar-refractivity contribution in [1.29, 1.82) is 0 Å². The molecule has 4 rings (SSSR count). The summed E-state index contributed by atoms with van der Waals surface area (Å²) in [5, 5.41) is 3.29. The van der Waals surface area contributed by atoms with E-state index in [1.54, 1.807) is 6.08 Å². The molecule has 140 valence electrons. The van der Waals surface area contributed by atoms with Crippen molar-refractivity contribution in [3.63, 3.8) is 0 Å². The van der Waals surface area contributed by atoms with E-state index in [1.165, 1.54) is 24.2 Å². The summed E-state index contributed by atoms with van der Waals surface area (Å²) in [5.74, 6) is -0.235. The number of nitrogens with one attached hydrogen (secondary N) is 1. The predicted molar refractivity (Wildman–Crippen MR) is 117 cm³/mol. The molecule has 0 aliphatic carbocycles. The molecule has 8 heteroatoms. The molecule has 1 saturated heterocycles. The normalized spacial score (nSPS) is 16.0. The molecule has 5 nitrogen and oxygen atoms in total. The van der Waals surface area contributed by atoms with E-state index in [0.29, 0.717) is 25.7 Å². The molecule has 3 aromatic rings. The van der Waals surface area contributed by atoms with Crippen LogP contribution in [0.3, 0.4) is 0 Å². The summed E-state index contributed by atoms with van der Waals surface area (Å²) < 4.78 is 25.2. The number of benzene rings is 2. The molecule has 1 aliphatic rings. The standard InChI is InChI=1S/C20H14N2O3S3/c1-28(24,25)17-11-21-15-8-7-12(10-16-19(23)22-20(26)27-16)9-14(15)18(17)13-5-3-2-4-6-13/h2-11H,1H3,(H,22,23,26)/b16-10+. The molecule has 28 heavy (non-hydrogen) atoms. The van der Waals surface area contributed by atoms with E-state index in [4.69, 9.17) is 12.2 Å². The zero-order chi connectivity index (χ0) is 19.9. The van der Waals surface area contributed by atoms with Crippen LogP contribution in [0.25, 0.3) is 28.1 Å². The van der Waals surface area contributed by atoms with Gasteiger partial charge >= 0.3 is 0 Å². The van der Waals surface area contributed by atoms with Crippen molar-refractivity contribution in [1.82, 2.24) is 10.3 Å². The van der Waals surface area contributed by atoms with Gasteiger partial charge in [-0.15, -0.1) is 0 Å². The summed E-state index contributed by atoms with van der Waals surface area (Å²) in [5.41, 5.74) is 2.83. The van der Waals surface area contributed by atoms with Crippen molar-refractivity contribution in [3.8, 4) is 11.1 Å². The molecule has 1 fully saturated rings. The third-order valence-corrected chi connectivity index (χ3v) is 6.53. The molecule has 1 aliphatic heterocycles. The quantitative estimate of drug-likeness (QED) is 0.507. The minimum Gasteiger partial charge on any atom is -0.307 e. The number of thiocarbonyl (C=S) groups is 1. The molecule has 1 N–H and O–H groups in total. The Morgan fingerprint density at radius 3 is 2.54 bits per heavy atom. The van der Waals surface area contributed by atoms with E-state index in [-0.39, 0.29) is 10.8 Å². The lowest BCUT2D eigenvalue weighted by molar-refractivity contribution is -0.115. The van der Waals surface area contributed by atoms with Crippen LogP contribution in [-0.4, -0.2) is 29.9 Å². The van der Waals surface area contributed by atoms with Crippen LogP contribution in [0, 0.1) is 0 Å². The Labute approximate surface area is 171 Å². The minimum absolute atomic E-state index is 0.171. The molecule has 0 radical (unpaired) electrons. The molecule has 0 unspecified atom stereocenters. The van der Waals surface area contributed by atoms with E-state index in [0.717, 1.165) is 11.1 Å². The lowest BCUT2D eigenvalue weighted by Gasteiger charge is -2.12. The van der Waals surface area contributed by atoms with E-state index in [1.807, 2.05) is 48.5 Å². The highest BCUT2D eigenvalue weighted by atomic mass is 32.2. The Bertz CT molecular complexity index is 1270. The first kappa shape index (κ1) is 18.8. The maximum atomic E-state index is 12.4. The van der Waals surface area contributed by atoms with Crippen molar-refractivity contribution in [2.24, 2.45) is 0 Å². The Balaban J connectivity index is 1.99. The Hall–Kier alpha value is -2.55. The number of fused-ring (bicyclic) bond motifs is 1. The van der Waals surface area contributed by atoms with Crippen molar-refractivity contribution in [2.45, 2.75) is 4.90 Å². The predicted octanol–water partition coefficient (Wildman–Crippen LogP) is 3.79. The second kappa shape index (κ2) is 7.12. The first-order valence-electron chi connectivity index (χ1n) is 8.26. The fourth-order valence-electron chi connectivity index (χ4n) is 3.04. The Kier molecular flexibility index (Phi) is 4.78. The zero-order valence-electron chi connectivity index (χ0n) is 14.7. The van der Waals surface area contributed by atoms with Crippen LogP contribution in [0.5, 0.6) is 0 Å². The number of hydrogen-bond donors (Lipinski definition) is 1. The summed E-state index contributed by atoms with van der Waals surface area (Å²) >= 11 is 6.22. The fourth-order valence-corrected chi connectivity index (χ4v) is 4.92. The van der Waals surface area contributed by atoms with Gasteiger partial charge in [-0.3, -0.25) is 9.78 Å². The maximum Gasteiger partial charge on any atom is 0.263 e.